The smallest absolute Gasteiger partial charge is 0.355 e. The van der Waals surface area contributed by atoms with E-state index in [1.54, 1.807) is 18.3 Å². The van der Waals surface area contributed by atoms with Crippen molar-refractivity contribution in [2.45, 2.75) is 43.8 Å². The molecule has 1 aliphatic carbocycles. The molecule has 0 unspecified atom stereocenters. The summed E-state index contributed by atoms with van der Waals surface area (Å²) < 4.78 is 41.7. The highest BCUT2D eigenvalue weighted by Crippen LogP contribution is 2.66. The largest absolute Gasteiger partial charge is 0.395 e. The number of H-pyrrole nitrogens is 1. The van der Waals surface area contributed by atoms with Gasteiger partial charge in [0.1, 0.15) is 0 Å². The van der Waals surface area contributed by atoms with Crippen LogP contribution in [0.15, 0.2) is 42.9 Å². The van der Waals surface area contributed by atoms with Crippen molar-refractivity contribution in [1.82, 2.24) is 25.4 Å². The average molecular weight is 494 g/mol. The number of fused-ring (bicyclic) bond motifs is 1. The van der Waals surface area contributed by atoms with Crippen molar-refractivity contribution in [3.63, 3.8) is 0 Å². The molecule has 182 valence electrons. The van der Waals surface area contributed by atoms with Crippen LogP contribution < -0.4 is 5.32 Å². The van der Waals surface area contributed by atoms with Crippen LogP contribution in [-0.2, 0) is 11.2 Å². The minimum Gasteiger partial charge on any atom is -0.355 e. The molecule has 0 radical (unpaired) electrons. The molecule has 4 rings (SSSR count). The first-order chi connectivity index (χ1) is 16.1. The Hall–Kier alpha value is -2.65. The van der Waals surface area contributed by atoms with Crippen LogP contribution in [0.2, 0.25) is 5.02 Å². The van der Waals surface area contributed by atoms with Crippen LogP contribution in [-0.4, -0.2) is 58.8 Å². The van der Waals surface area contributed by atoms with Gasteiger partial charge in [0.05, 0.1) is 17.1 Å². The maximum absolute atomic E-state index is 13.9. The Balaban J connectivity index is 1.45. The number of carbonyl (C=O) groups is 1. The van der Waals surface area contributed by atoms with E-state index in [0.717, 1.165) is 16.5 Å². The summed E-state index contributed by atoms with van der Waals surface area (Å²) in [6, 6.07) is 6.90. The van der Waals surface area contributed by atoms with Gasteiger partial charge < -0.3 is 10.2 Å². The number of nitrogens with zero attached hydrogens (tertiary/aromatic N) is 3. The summed E-state index contributed by atoms with van der Waals surface area (Å²) in [6.07, 6.45) is 0.662. The van der Waals surface area contributed by atoms with E-state index in [4.69, 9.17) is 11.6 Å². The second-order valence-electron chi connectivity index (χ2n) is 9.22. The summed E-state index contributed by atoms with van der Waals surface area (Å²) in [5, 5.41) is 11.3. The summed E-state index contributed by atoms with van der Waals surface area (Å²) >= 11 is 6.44. The second-order valence-corrected chi connectivity index (χ2v) is 9.63. The number of rotatable bonds is 9. The van der Waals surface area contributed by atoms with E-state index >= 15 is 0 Å². The van der Waals surface area contributed by atoms with Crippen molar-refractivity contribution in [2.75, 3.05) is 20.6 Å². The number of aromatic nitrogens is 3. The number of halogens is 4. The lowest BCUT2D eigenvalue weighted by Gasteiger charge is -2.30. The summed E-state index contributed by atoms with van der Waals surface area (Å²) in [4.78, 5) is 18.8. The highest BCUT2D eigenvalue weighted by atomic mass is 35.5. The number of nitrogens with one attached hydrogen (secondary N) is 2. The van der Waals surface area contributed by atoms with Gasteiger partial charge in [0.15, 0.2) is 0 Å². The van der Waals surface area contributed by atoms with Gasteiger partial charge >= 0.3 is 6.18 Å². The first kappa shape index (κ1) is 24.5. The molecular weight excluding hydrogens is 467 g/mol. The molecule has 3 aromatic rings. The van der Waals surface area contributed by atoms with E-state index in [9.17, 15) is 18.0 Å². The summed E-state index contributed by atoms with van der Waals surface area (Å²) in [7, 11) is 3.78. The molecule has 1 saturated carbocycles. The van der Waals surface area contributed by atoms with E-state index in [2.05, 4.69) is 20.5 Å². The lowest BCUT2D eigenvalue weighted by Crippen LogP contribution is -2.42. The highest BCUT2D eigenvalue weighted by molar-refractivity contribution is 6.32. The molecule has 1 fully saturated rings. The fourth-order valence-electron chi connectivity index (χ4n) is 4.53. The normalized spacial score (nSPS) is 17.0. The number of alkyl halides is 3. The Morgan fingerprint density at radius 1 is 1.29 bits per heavy atom. The third-order valence-electron chi connectivity index (χ3n) is 6.82. The van der Waals surface area contributed by atoms with Crippen molar-refractivity contribution in [3.8, 4) is 0 Å². The molecule has 10 heteroatoms. The van der Waals surface area contributed by atoms with E-state index in [1.807, 2.05) is 31.1 Å². The van der Waals surface area contributed by atoms with Crippen LogP contribution in [0.4, 0.5) is 13.2 Å². The van der Waals surface area contributed by atoms with Crippen molar-refractivity contribution in [2.24, 2.45) is 5.41 Å². The maximum Gasteiger partial charge on any atom is 0.395 e. The predicted molar refractivity (Wildman–Crippen MR) is 125 cm³/mol. The van der Waals surface area contributed by atoms with Crippen molar-refractivity contribution < 1.29 is 18.0 Å². The zero-order valence-corrected chi connectivity index (χ0v) is 19.7. The number of aromatic amines is 1. The predicted octanol–water partition coefficient (Wildman–Crippen LogP) is 4.72. The monoisotopic (exact) mass is 493 g/mol. The Morgan fingerprint density at radius 3 is 2.68 bits per heavy atom. The quantitative estimate of drug-likeness (QED) is 0.452. The molecule has 0 bridgehead atoms. The van der Waals surface area contributed by atoms with Crippen LogP contribution in [0.3, 0.4) is 0 Å². The first-order valence-electron chi connectivity index (χ1n) is 11.1. The SMILES string of the molecule is CN(C)[C@H](CNC(=O)C[C@@H](c1cccnc1)C1(C(F)(F)F)CC1)Cc1cc2cn[nH]c2cc1Cl. The van der Waals surface area contributed by atoms with Gasteiger partial charge in [-0.1, -0.05) is 17.7 Å². The standard InChI is InChI=1S/C24H27ClF3N5O/c1-33(2)18(9-16-8-17-13-31-32-21(17)11-20(16)25)14-30-22(34)10-19(15-4-3-7-29-12-15)23(5-6-23)24(26,27)28/h3-4,7-8,11-13,18-19H,5-6,9-10,14H2,1-2H3,(H,30,34)(H,31,32)/t18-,19-/m0/s1. The zero-order valence-electron chi connectivity index (χ0n) is 19.0. The Labute approximate surface area is 200 Å². The van der Waals surface area contributed by atoms with Gasteiger partial charge in [-0.2, -0.15) is 18.3 Å². The average Bonchev–Trinajstić information content (AvgIpc) is 3.49. The number of hydrogen-bond acceptors (Lipinski definition) is 4. The second kappa shape index (κ2) is 9.54. The van der Waals surface area contributed by atoms with E-state index in [0.29, 0.717) is 17.0 Å². The third-order valence-corrected chi connectivity index (χ3v) is 7.18. The summed E-state index contributed by atoms with van der Waals surface area (Å²) in [5.74, 6) is -1.37. The molecule has 1 aromatic carbocycles. The molecule has 0 saturated heterocycles. The van der Waals surface area contributed by atoms with Crippen LogP contribution in [0.1, 0.15) is 36.3 Å². The molecule has 1 aliphatic rings. The number of hydrogen-bond donors (Lipinski definition) is 2. The Bertz CT molecular complexity index is 1140. The van der Waals surface area contributed by atoms with Crippen LogP contribution in [0.5, 0.6) is 0 Å². The molecule has 2 heterocycles. The molecule has 0 spiro atoms. The highest BCUT2D eigenvalue weighted by Gasteiger charge is 2.67. The van der Waals surface area contributed by atoms with Crippen molar-refractivity contribution >= 4 is 28.4 Å². The molecule has 2 aromatic heterocycles. The van der Waals surface area contributed by atoms with Gasteiger partial charge in [-0.15, -0.1) is 0 Å². The fourth-order valence-corrected chi connectivity index (χ4v) is 4.77. The molecule has 6 nitrogen and oxygen atoms in total. The molecule has 0 aliphatic heterocycles. The maximum atomic E-state index is 13.9. The van der Waals surface area contributed by atoms with Gasteiger partial charge in [-0.25, -0.2) is 0 Å². The minimum atomic E-state index is -4.37. The van der Waals surface area contributed by atoms with Gasteiger partial charge in [-0.3, -0.25) is 14.9 Å². The Morgan fingerprint density at radius 2 is 2.06 bits per heavy atom. The Kier molecular flexibility index (Phi) is 6.87. The van der Waals surface area contributed by atoms with Gasteiger partial charge in [0, 0.05) is 47.7 Å². The third kappa shape index (κ3) is 5.05. The number of amides is 1. The van der Waals surface area contributed by atoms with E-state index < -0.39 is 23.4 Å². The summed E-state index contributed by atoms with van der Waals surface area (Å²) in [6.45, 7) is 0.282. The lowest BCUT2D eigenvalue weighted by atomic mass is 9.80. The van der Waals surface area contributed by atoms with Gasteiger partial charge in [0.25, 0.3) is 0 Å². The lowest BCUT2D eigenvalue weighted by molar-refractivity contribution is -0.194. The molecule has 2 atom stereocenters. The van der Waals surface area contributed by atoms with Gasteiger partial charge in [0.2, 0.25) is 5.91 Å². The molecule has 1 amide bonds. The number of benzene rings is 1. The zero-order chi connectivity index (χ0) is 24.5. The van der Waals surface area contributed by atoms with Crippen LogP contribution >= 0.6 is 11.6 Å². The number of carbonyl (C=O) groups excluding carboxylic acids is 1. The van der Waals surface area contributed by atoms with E-state index in [1.165, 1.54) is 12.4 Å². The number of pyridine rings is 1. The summed E-state index contributed by atoms with van der Waals surface area (Å²) in [5.41, 5.74) is 0.327. The van der Waals surface area contributed by atoms with Crippen LogP contribution in [0.25, 0.3) is 10.9 Å². The van der Waals surface area contributed by atoms with Crippen molar-refractivity contribution in [3.05, 3.63) is 59.0 Å². The topological polar surface area (TPSA) is 73.9 Å². The van der Waals surface area contributed by atoms with E-state index in [-0.39, 0.29) is 31.8 Å². The van der Waals surface area contributed by atoms with Crippen LogP contribution in [0, 0.1) is 5.41 Å². The molecule has 34 heavy (non-hydrogen) atoms. The minimum absolute atomic E-state index is 0.0264. The van der Waals surface area contributed by atoms with Gasteiger partial charge in [-0.05, 0) is 62.7 Å². The van der Waals surface area contributed by atoms with Crippen molar-refractivity contribution in [1.29, 1.82) is 0 Å². The molecule has 2 N–H and O–H groups in total. The number of likely N-dealkylation sites (N-methyl/N-ethyl adjacent to an activating group) is 1. The fraction of sp³-hybridized carbons (Fsp3) is 0.458. The molecular formula is C24H27ClF3N5O. The first-order valence-corrected chi connectivity index (χ1v) is 11.5.